The molecule has 0 amide bonds. The number of rotatable bonds is 10. The van der Waals surface area contributed by atoms with Crippen molar-refractivity contribution in [3.05, 3.63) is 126 Å². The number of benzene rings is 3. The van der Waals surface area contributed by atoms with Gasteiger partial charge in [0, 0.05) is 0 Å². The zero-order valence-corrected chi connectivity index (χ0v) is 25.9. The summed E-state index contributed by atoms with van der Waals surface area (Å²) >= 11 is 1.30. The zero-order chi connectivity index (χ0) is 30.5. The van der Waals surface area contributed by atoms with Crippen LogP contribution in [0.15, 0.2) is 93.9 Å². The van der Waals surface area contributed by atoms with E-state index in [0.717, 1.165) is 22.4 Å². The monoisotopic (exact) mass is 596 g/mol. The Labute approximate surface area is 255 Å². The smallest absolute Gasteiger partial charge is 0.338 e. The van der Waals surface area contributed by atoms with Gasteiger partial charge in [-0.3, -0.25) is 9.36 Å². The number of allylic oxidation sites excluding steroid dienone is 1. The second-order valence-corrected chi connectivity index (χ2v) is 11.7. The Morgan fingerprint density at radius 3 is 2.42 bits per heavy atom. The number of fused-ring (bicyclic) bond motifs is 1. The first-order valence-electron chi connectivity index (χ1n) is 14.5. The molecular weight excluding hydrogens is 560 g/mol. The molecule has 43 heavy (non-hydrogen) atoms. The molecule has 4 aromatic rings. The molecule has 0 saturated carbocycles. The summed E-state index contributed by atoms with van der Waals surface area (Å²) in [5.74, 6) is 1.52. The molecular formula is C35H36N2O5S. The Balaban J connectivity index is 1.34. The van der Waals surface area contributed by atoms with Crippen LogP contribution >= 0.6 is 11.3 Å². The average Bonchev–Trinajstić information content (AvgIpc) is 3.29. The lowest BCUT2D eigenvalue weighted by Gasteiger charge is -2.24. The fourth-order valence-corrected chi connectivity index (χ4v) is 6.16. The third-order valence-electron chi connectivity index (χ3n) is 7.21. The zero-order valence-electron chi connectivity index (χ0n) is 25.1. The van der Waals surface area contributed by atoms with Gasteiger partial charge in [-0.25, -0.2) is 9.79 Å². The van der Waals surface area contributed by atoms with Gasteiger partial charge in [0.05, 0.1) is 28.5 Å². The van der Waals surface area contributed by atoms with E-state index < -0.39 is 12.0 Å². The number of aryl methyl sites for hydroxylation is 1. The van der Waals surface area contributed by atoms with Gasteiger partial charge in [-0.1, -0.05) is 79.8 Å². The van der Waals surface area contributed by atoms with Crippen molar-refractivity contribution < 1.29 is 19.0 Å². The Morgan fingerprint density at radius 1 is 1.00 bits per heavy atom. The topological polar surface area (TPSA) is 79.1 Å². The van der Waals surface area contributed by atoms with E-state index in [1.54, 1.807) is 18.4 Å². The van der Waals surface area contributed by atoms with Crippen molar-refractivity contribution in [3.8, 4) is 11.5 Å². The van der Waals surface area contributed by atoms with Gasteiger partial charge >= 0.3 is 5.97 Å². The molecule has 8 heteroatoms. The molecule has 1 atom stereocenters. The Hall–Kier alpha value is -4.43. The van der Waals surface area contributed by atoms with Crippen molar-refractivity contribution in [2.24, 2.45) is 4.99 Å². The predicted octanol–water partition coefficient (Wildman–Crippen LogP) is 5.69. The number of hydrogen-bond acceptors (Lipinski definition) is 7. The first-order valence-corrected chi connectivity index (χ1v) is 15.3. The first-order chi connectivity index (χ1) is 20.8. The molecule has 2 heterocycles. The molecule has 1 aromatic heterocycles. The van der Waals surface area contributed by atoms with Gasteiger partial charge in [0.15, 0.2) is 4.80 Å². The first kappa shape index (κ1) is 30.0. The molecule has 0 aliphatic carbocycles. The molecule has 0 N–H and O–H groups in total. The minimum Gasteiger partial charge on any atom is -0.490 e. The van der Waals surface area contributed by atoms with Crippen molar-refractivity contribution in [1.82, 2.24) is 4.57 Å². The summed E-state index contributed by atoms with van der Waals surface area (Å²) in [6.45, 7) is 11.0. The SMILES string of the molecule is CCOC(=O)C1=C(C)N=c2s/c(=C\c3ccc(OCCOc4cc(C)ccc4C(C)C)cc3)c(=O)n2[C@@H]1c1ccccc1. The van der Waals surface area contributed by atoms with Crippen LogP contribution in [0.5, 0.6) is 11.5 Å². The van der Waals surface area contributed by atoms with Gasteiger partial charge in [-0.2, -0.15) is 0 Å². The summed E-state index contributed by atoms with van der Waals surface area (Å²) in [6.07, 6.45) is 1.84. The average molecular weight is 597 g/mol. The number of nitrogens with zero attached hydrogens (tertiary/aromatic N) is 2. The fourth-order valence-electron chi connectivity index (χ4n) is 5.11. The van der Waals surface area contributed by atoms with Gasteiger partial charge in [0.1, 0.15) is 24.7 Å². The molecule has 3 aromatic carbocycles. The maximum atomic E-state index is 13.7. The molecule has 222 valence electrons. The van der Waals surface area contributed by atoms with Crippen LogP contribution in [0, 0.1) is 6.92 Å². The molecule has 1 aliphatic heterocycles. The largest absolute Gasteiger partial charge is 0.490 e. The highest BCUT2D eigenvalue weighted by atomic mass is 32.1. The van der Waals surface area contributed by atoms with E-state index in [1.807, 2.05) is 60.7 Å². The van der Waals surface area contributed by atoms with Gasteiger partial charge in [0.25, 0.3) is 5.56 Å². The molecule has 7 nitrogen and oxygen atoms in total. The maximum absolute atomic E-state index is 13.7. The third-order valence-corrected chi connectivity index (χ3v) is 8.19. The number of ether oxygens (including phenoxy) is 3. The number of esters is 1. The van der Waals surface area contributed by atoms with Crippen LogP contribution < -0.4 is 24.4 Å². The minimum atomic E-state index is -0.618. The number of carbonyl (C=O) groups excluding carboxylic acids is 1. The third kappa shape index (κ3) is 6.65. The highest BCUT2D eigenvalue weighted by molar-refractivity contribution is 7.07. The number of aromatic nitrogens is 1. The lowest BCUT2D eigenvalue weighted by atomic mass is 9.96. The predicted molar refractivity (Wildman–Crippen MR) is 170 cm³/mol. The molecule has 1 aliphatic rings. The summed E-state index contributed by atoms with van der Waals surface area (Å²) in [5.41, 5.74) is 4.74. The molecule has 0 saturated heterocycles. The summed E-state index contributed by atoms with van der Waals surface area (Å²) in [7, 11) is 0. The van der Waals surface area contributed by atoms with Crippen LogP contribution in [0.4, 0.5) is 0 Å². The standard InChI is InChI=1S/C35H36N2O5S/c1-6-40-34(39)31-24(5)36-35-37(32(31)26-10-8-7-9-11-26)33(38)30(43-35)21-25-13-15-27(16-14-25)41-18-19-42-29-20-23(4)12-17-28(29)22(2)3/h7-17,20-22,32H,6,18-19H2,1-5H3/b30-21-/t32-/m1/s1. The Kier molecular flexibility index (Phi) is 9.26. The van der Waals surface area contributed by atoms with E-state index in [9.17, 15) is 9.59 Å². The maximum Gasteiger partial charge on any atom is 0.338 e. The van der Waals surface area contributed by atoms with Crippen molar-refractivity contribution in [2.45, 2.75) is 46.6 Å². The molecule has 0 bridgehead atoms. The summed E-state index contributed by atoms with van der Waals surface area (Å²) in [6, 6.07) is 22.8. The highest BCUT2D eigenvalue weighted by Gasteiger charge is 2.33. The summed E-state index contributed by atoms with van der Waals surface area (Å²) in [4.78, 5) is 31.9. The Morgan fingerprint density at radius 2 is 1.72 bits per heavy atom. The second kappa shape index (κ2) is 13.3. The summed E-state index contributed by atoms with van der Waals surface area (Å²) in [5, 5.41) is 0. The molecule has 0 spiro atoms. The van der Waals surface area contributed by atoms with Crippen LogP contribution in [-0.2, 0) is 9.53 Å². The van der Waals surface area contributed by atoms with E-state index in [2.05, 4.69) is 44.0 Å². The second-order valence-electron chi connectivity index (χ2n) is 10.7. The number of carbonyl (C=O) groups is 1. The van der Waals surface area contributed by atoms with E-state index in [1.165, 1.54) is 16.9 Å². The van der Waals surface area contributed by atoms with Crippen molar-refractivity contribution in [1.29, 1.82) is 0 Å². The van der Waals surface area contributed by atoms with E-state index in [4.69, 9.17) is 14.2 Å². The normalized spacial score (nSPS) is 14.8. The van der Waals surface area contributed by atoms with Gasteiger partial charge in [-0.05, 0) is 73.2 Å². The van der Waals surface area contributed by atoms with Gasteiger partial charge < -0.3 is 14.2 Å². The van der Waals surface area contributed by atoms with Crippen molar-refractivity contribution >= 4 is 23.4 Å². The highest BCUT2D eigenvalue weighted by Crippen LogP contribution is 2.31. The molecule has 0 unspecified atom stereocenters. The van der Waals surface area contributed by atoms with Crippen LogP contribution in [0.1, 0.15) is 61.9 Å². The lowest BCUT2D eigenvalue weighted by Crippen LogP contribution is -2.39. The minimum absolute atomic E-state index is 0.207. The van der Waals surface area contributed by atoms with E-state index in [0.29, 0.717) is 45.5 Å². The van der Waals surface area contributed by atoms with E-state index >= 15 is 0 Å². The van der Waals surface area contributed by atoms with Crippen LogP contribution in [0.3, 0.4) is 0 Å². The Bertz CT molecular complexity index is 1820. The van der Waals surface area contributed by atoms with Crippen molar-refractivity contribution in [3.63, 3.8) is 0 Å². The molecule has 0 fully saturated rings. The van der Waals surface area contributed by atoms with Gasteiger partial charge in [0.2, 0.25) is 0 Å². The number of hydrogen-bond donors (Lipinski definition) is 0. The summed E-state index contributed by atoms with van der Waals surface area (Å²) < 4.78 is 19.4. The fraction of sp³-hybridized carbons (Fsp3) is 0.286. The molecule has 5 rings (SSSR count). The quantitative estimate of drug-likeness (QED) is 0.174. The van der Waals surface area contributed by atoms with E-state index in [-0.39, 0.29) is 12.2 Å². The van der Waals surface area contributed by atoms with Crippen LogP contribution in [-0.4, -0.2) is 30.4 Å². The number of thiazole rings is 1. The molecule has 0 radical (unpaired) electrons. The van der Waals surface area contributed by atoms with Gasteiger partial charge in [-0.15, -0.1) is 0 Å². The van der Waals surface area contributed by atoms with Crippen LogP contribution in [0.2, 0.25) is 0 Å². The van der Waals surface area contributed by atoms with Crippen molar-refractivity contribution in [2.75, 3.05) is 19.8 Å². The lowest BCUT2D eigenvalue weighted by molar-refractivity contribution is -0.139. The van der Waals surface area contributed by atoms with Crippen LogP contribution in [0.25, 0.3) is 6.08 Å².